The third-order valence-corrected chi connectivity index (χ3v) is 4.25. The van der Waals surface area contributed by atoms with E-state index in [1.165, 1.54) is 6.92 Å². The van der Waals surface area contributed by atoms with Gasteiger partial charge in [0.05, 0.1) is 5.56 Å². The molecule has 0 spiro atoms. The van der Waals surface area contributed by atoms with Gasteiger partial charge in [-0.3, -0.25) is 0 Å². The summed E-state index contributed by atoms with van der Waals surface area (Å²) >= 11 is 0. The Morgan fingerprint density at radius 3 is 2.63 bits per heavy atom. The van der Waals surface area contributed by atoms with Gasteiger partial charge >= 0.3 is 5.63 Å². The van der Waals surface area contributed by atoms with Gasteiger partial charge in [-0.25, -0.2) is 14.8 Å². The second kappa shape index (κ2) is 6.60. The quantitative estimate of drug-likeness (QED) is 0.589. The van der Waals surface area contributed by atoms with Crippen LogP contribution in [-0.2, 0) is 6.61 Å². The van der Waals surface area contributed by atoms with E-state index in [0.717, 1.165) is 5.39 Å². The first-order valence-corrected chi connectivity index (χ1v) is 8.29. The van der Waals surface area contributed by atoms with Gasteiger partial charge in [0.25, 0.3) is 0 Å². The third kappa shape index (κ3) is 3.15. The topological polar surface area (TPSA) is 98.6 Å². The molecule has 1 N–H and O–H groups in total. The van der Waals surface area contributed by atoms with Gasteiger partial charge in [-0.15, -0.1) is 0 Å². The van der Waals surface area contributed by atoms with Crippen LogP contribution in [0.2, 0.25) is 0 Å². The number of furan rings is 1. The van der Waals surface area contributed by atoms with Crippen molar-refractivity contribution in [1.82, 2.24) is 9.97 Å². The molecule has 0 unspecified atom stereocenters. The minimum atomic E-state index is -0.597. The van der Waals surface area contributed by atoms with E-state index in [-0.39, 0.29) is 23.7 Å². The van der Waals surface area contributed by atoms with Crippen LogP contribution in [0, 0.1) is 13.8 Å². The predicted molar refractivity (Wildman–Crippen MR) is 97.7 cm³/mol. The molecule has 7 heteroatoms. The lowest BCUT2D eigenvalue weighted by atomic mass is 10.1. The summed E-state index contributed by atoms with van der Waals surface area (Å²) in [5, 5.41) is 10.9. The van der Waals surface area contributed by atoms with E-state index in [4.69, 9.17) is 13.6 Å². The van der Waals surface area contributed by atoms with Gasteiger partial charge in [-0.1, -0.05) is 0 Å². The standard InChI is InChI=1S/C20H16N2O5/c1-11-18(23)12(2)20(24)27-19(11)16-9-13-8-14(4-5-15(13)26-16)25-10-17-21-6-3-7-22-17/h3-9,23H,10H2,1-2H3. The highest BCUT2D eigenvalue weighted by molar-refractivity contribution is 5.84. The molecule has 0 fully saturated rings. The molecule has 0 radical (unpaired) electrons. The molecular weight excluding hydrogens is 348 g/mol. The second-order valence-corrected chi connectivity index (χ2v) is 6.08. The summed E-state index contributed by atoms with van der Waals surface area (Å²) in [6.07, 6.45) is 3.31. The van der Waals surface area contributed by atoms with Crippen molar-refractivity contribution in [3.63, 3.8) is 0 Å². The molecule has 0 aliphatic heterocycles. The molecule has 27 heavy (non-hydrogen) atoms. The summed E-state index contributed by atoms with van der Waals surface area (Å²) in [7, 11) is 0. The first-order valence-electron chi connectivity index (χ1n) is 8.29. The summed E-state index contributed by atoms with van der Waals surface area (Å²) in [5.74, 6) is 1.69. The molecule has 0 amide bonds. The number of benzene rings is 1. The maximum atomic E-state index is 11.9. The van der Waals surface area contributed by atoms with Crippen LogP contribution in [0.1, 0.15) is 17.0 Å². The van der Waals surface area contributed by atoms with E-state index >= 15 is 0 Å². The minimum Gasteiger partial charge on any atom is -0.507 e. The van der Waals surface area contributed by atoms with Crippen molar-refractivity contribution in [3.05, 3.63) is 70.1 Å². The lowest BCUT2D eigenvalue weighted by Crippen LogP contribution is -2.05. The molecule has 136 valence electrons. The Bertz CT molecular complexity index is 1180. The van der Waals surface area contributed by atoms with Gasteiger partial charge in [-0.05, 0) is 44.2 Å². The fourth-order valence-electron chi connectivity index (χ4n) is 2.74. The van der Waals surface area contributed by atoms with Crippen LogP contribution in [0.25, 0.3) is 22.5 Å². The molecule has 0 saturated carbocycles. The summed E-state index contributed by atoms with van der Waals surface area (Å²) in [6, 6.07) is 8.83. The number of fused-ring (bicyclic) bond motifs is 1. The molecule has 4 aromatic rings. The average molecular weight is 364 g/mol. The largest absolute Gasteiger partial charge is 0.507 e. The Labute approximate surface area is 153 Å². The van der Waals surface area contributed by atoms with E-state index in [1.807, 2.05) is 6.07 Å². The van der Waals surface area contributed by atoms with Crippen molar-refractivity contribution >= 4 is 11.0 Å². The highest BCUT2D eigenvalue weighted by atomic mass is 16.5. The summed E-state index contributed by atoms with van der Waals surface area (Å²) < 4.78 is 16.8. The van der Waals surface area contributed by atoms with Crippen LogP contribution >= 0.6 is 0 Å². The number of hydrogen-bond acceptors (Lipinski definition) is 7. The Balaban J connectivity index is 1.66. The number of rotatable bonds is 4. The van der Waals surface area contributed by atoms with Crippen molar-refractivity contribution in [1.29, 1.82) is 0 Å². The van der Waals surface area contributed by atoms with Crippen molar-refractivity contribution in [3.8, 4) is 23.0 Å². The fraction of sp³-hybridized carbons (Fsp3) is 0.150. The number of nitrogens with zero attached hydrogens (tertiary/aromatic N) is 2. The van der Waals surface area contributed by atoms with Gasteiger partial charge < -0.3 is 18.7 Å². The zero-order valence-electron chi connectivity index (χ0n) is 14.7. The molecule has 0 saturated heterocycles. The highest BCUT2D eigenvalue weighted by Crippen LogP contribution is 2.34. The predicted octanol–water partition coefficient (Wildman–Crippen LogP) is 3.74. The normalized spacial score (nSPS) is 11.0. The zero-order valence-corrected chi connectivity index (χ0v) is 14.7. The maximum Gasteiger partial charge on any atom is 0.343 e. The number of aromatic nitrogens is 2. The minimum absolute atomic E-state index is 0.0893. The second-order valence-electron chi connectivity index (χ2n) is 6.08. The number of hydrogen-bond donors (Lipinski definition) is 1. The van der Waals surface area contributed by atoms with Crippen molar-refractivity contribution in [2.75, 3.05) is 0 Å². The Morgan fingerprint density at radius 1 is 1.07 bits per heavy atom. The van der Waals surface area contributed by atoms with Crippen molar-refractivity contribution in [2.24, 2.45) is 0 Å². The maximum absolute atomic E-state index is 11.9. The van der Waals surface area contributed by atoms with Crippen molar-refractivity contribution < 1.29 is 18.7 Å². The Kier molecular flexibility index (Phi) is 4.12. The van der Waals surface area contributed by atoms with Crippen LogP contribution in [0.4, 0.5) is 0 Å². The van der Waals surface area contributed by atoms with Crippen LogP contribution in [0.5, 0.6) is 11.5 Å². The molecule has 3 aromatic heterocycles. The lowest BCUT2D eigenvalue weighted by Gasteiger charge is -2.05. The van der Waals surface area contributed by atoms with Gasteiger partial charge in [-0.2, -0.15) is 0 Å². The molecule has 3 heterocycles. The van der Waals surface area contributed by atoms with E-state index < -0.39 is 5.63 Å². The molecule has 0 aliphatic rings. The molecule has 4 rings (SSSR count). The molecule has 0 atom stereocenters. The van der Waals surface area contributed by atoms with E-state index in [9.17, 15) is 9.90 Å². The Hall–Kier alpha value is -3.61. The average Bonchev–Trinajstić information content (AvgIpc) is 3.11. The van der Waals surface area contributed by atoms with E-state index in [0.29, 0.717) is 28.5 Å². The van der Waals surface area contributed by atoms with Gasteiger partial charge in [0.15, 0.2) is 17.3 Å². The van der Waals surface area contributed by atoms with Crippen molar-refractivity contribution in [2.45, 2.75) is 20.5 Å². The smallest absolute Gasteiger partial charge is 0.343 e. The van der Waals surface area contributed by atoms with Crippen LogP contribution in [0.15, 0.2) is 56.4 Å². The molecule has 7 nitrogen and oxygen atoms in total. The number of aromatic hydroxyl groups is 1. The molecular formula is C20H16N2O5. The van der Waals surface area contributed by atoms with Gasteiger partial charge in [0, 0.05) is 23.3 Å². The summed E-state index contributed by atoms with van der Waals surface area (Å²) in [5.41, 5.74) is 0.630. The highest BCUT2D eigenvalue weighted by Gasteiger charge is 2.18. The first-order chi connectivity index (χ1) is 13.0. The third-order valence-electron chi connectivity index (χ3n) is 4.25. The summed E-state index contributed by atoms with van der Waals surface area (Å²) in [4.78, 5) is 20.1. The fourth-order valence-corrected chi connectivity index (χ4v) is 2.74. The zero-order chi connectivity index (χ0) is 19.0. The van der Waals surface area contributed by atoms with Crippen LogP contribution in [0.3, 0.4) is 0 Å². The molecule has 1 aromatic carbocycles. The van der Waals surface area contributed by atoms with Gasteiger partial charge in [0.1, 0.15) is 23.7 Å². The first kappa shape index (κ1) is 16.8. The van der Waals surface area contributed by atoms with Gasteiger partial charge in [0.2, 0.25) is 0 Å². The van der Waals surface area contributed by atoms with E-state index in [2.05, 4.69) is 9.97 Å². The molecule has 0 bridgehead atoms. The SMILES string of the molecule is Cc1c(-c2cc3cc(OCc4ncccn4)ccc3o2)oc(=O)c(C)c1O. The Morgan fingerprint density at radius 2 is 1.85 bits per heavy atom. The van der Waals surface area contributed by atoms with E-state index in [1.54, 1.807) is 43.6 Å². The summed E-state index contributed by atoms with van der Waals surface area (Å²) in [6.45, 7) is 3.43. The van der Waals surface area contributed by atoms with Crippen LogP contribution in [-0.4, -0.2) is 15.1 Å². The number of ether oxygens (including phenoxy) is 1. The monoisotopic (exact) mass is 364 g/mol. The van der Waals surface area contributed by atoms with Crippen LogP contribution < -0.4 is 10.4 Å². The molecule has 0 aliphatic carbocycles. The lowest BCUT2D eigenvalue weighted by molar-refractivity contribution is 0.296.